The quantitative estimate of drug-likeness (QED) is 0.382. The van der Waals surface area contributed by atoms with Crippen molar-refractivity contribution in [3.63, 3.8) is 0 Å². The van der Waals surface area contributed by atoms with Crippen LogP contribution in [0.25, 0.3) is 0 Å². The topological polar surface area (TPSA) is 76.2 Å². The van der Waals surface area contributed by atoms with Crippen molar-refractivity contribution >= 4 is 21.7 Å². The molecule has 0 radical (unpaired) electrons. The predicted octanol–water partition coefficient (Wildman–Crippen LogP) is 4.30. The molecule has 2 aliphatic rings. The number of sulfonamides is 1. The van der Waals surface area contributed by atoms with E-state index in [9.17, 15) is 30.8 Å². The van der Waals surface area contributed by atoms with Crippen LogP contribution in [0.15, 0.2) is 47.4 Å². The van der Waals surface area contributed by atoms with Gasteiger partial charge in [-0.1, -0.05) is 6.07 Å². The van der Waals surface area contributed by atoms with Crippen molar-refractivity contribution in [1.82, 2.24) is 4.90 Å². The summed E-state index contributed by atoms with van der Waals surface area (Å²) in [5.74, 6) is -1.45. The Labute approximate surface area is 213 Å². The Bertz CT molecular complexity index is 1260. The van der Waals surface area contributed by atoms with Crippen molar-refractivity contribution in [1.29, 1.82) is 0 Å². The molecule has 0 bridgehead atoms. The highest BCUT2D eigenvalue weighted by Gasteiger charge is 2.50. The van der Waals surface area contributed by atoms with Gasteiger partial charge in [0.1, 0.15) is 17.7 Å². The Hall–Kier alpha value is -2.86. The summed E-state index contributed by atoms with van der Waals surface area (Å²) in [6.45, 7) is 4.90. The largest absolute Gasteiger partial charge is 0.485 e. The number of hydrogen-bond acceptors (Lipinski definition) is 6. The second kappa shape index (κ2) is 9.79. The van der Waals surface area contributed by atoms with Gasteiger partial charge in [0.2, 0.25) is 5.60 Å². The lowest BCUT2D eigenvalue weighted by Crippen LogP contribution is -2.54. The third kappa shape index (κ3) is 5.69. The van der Waals surface area contributed by atoms with Gasteiger partial charge in [-0.05, 0) is 69.2 Å². The van der Waals surface area contributed by atoms with E-state index in [1.165, 1.54) is 18.2 Å². The Morgan fingerprint density at radius 3 is 2.38 bits per heavy atom. The number of halogens is 4. The summed E-state index contributed by atoms with van der Waals surface area (Å²) >= 11 is 0. The number of anilines is 1. The number of benzene rings is 2. The fraction of sp³-hybridized carbons (Fsp3) is 0.480. The second-order valence-electron chi connectivity index (χ2n) is 9.82. The number of likely N-dealkylation sites (tertiary alicyclic amines) is 1. The molecule has 0 N–H and O–H groups in total. The van der Waals surface area contributed by atoms with E-state index in [2.05, 4.69) is 16.6 Å². The normalized spacial score (nSPS) is 20.6. The van der Waals surface area contributed by atoms with Crippen LogP contribution in [0.4, 0.5) is 23.2 Å². The molecule has 2 aromatic carbocycles. The van der Waals surface area contributed by atoms with Crippen LogP contribution in [-0.4, -0.2) is 62.8 Å². The van der Waals surface area contributed by atoms with Crippen molar-refractivity contribution < 1.29 is 40.2 Å². The van der Waals surface area contributed by atoms with E-state index in [4.69, 9.17) is 4.74 Å². The van der Waals surface area contributed by atoms with Crippen molar-refractivity contribution in [2.75, 3.05) is 23.9 Å². The molecule has 2 heterocycles. The minimum Gasteiger partial charge on any atom is -0.485 e. The highest BCUT2D eigenvalue weighted by atomic mass is 32.2. The SMILES string of the molecule is CC1CCN1C[C@H]1CN(S(=O)(=O)c2ccc(F)cc2)c2cc(CC(=O)OC(C)(C)C(F)(F)F)ccc2O1. The first-order valence-corrected chi connectivity index (χ1v) is 13.2. The van der Waals surface area contributed by atoms with E-state index in [1.54, 1.807) is 0 Å². The van der Waals surface area contributed by atoms with Gasteiger partial charge in [-0.15, -0.1) is 0 Å². The summed E-state index contributed by atoms with van der Waals surface area (Å²) in [5, 5.41) is 0. The van der Waals surface area contributed by atoms with Crippen LogP contribution in [0.3, 0.4) is 0 Å². The van der Waals surface area contributed by atoms with E-state index in [0.717, 1.165) is 55.4 Å². The maximum Gasteiger partial charge on any atom is 0.427 e. The fourth-order valence-corrected chi connectivity index (χ4v) is 5.67. The number of esters is 1. The number of rotatable bonds is 7. The first-order chi connectivity index (χ1) is 17.2. The third-order valence-corrected chi connectivity index (χ3v) is 8.45. The second-order valence-corrected chi connectivity index (χ2v) is 11.7. The van der Waals surface area contributed by atoms with E-state index in [1.807, 2.05) is 0 Å². The number of alkyl halides is 3. The zero-order valence-corrected chi connectivity index (χ0v) is 21.4. The molecule has 0 amide bonds. The summed E-state index contributed by atoms with van der Waals surface area (Å²) in [5.41, 5.74) is -2.29. The molecule has 37 heavy (non-hydrogen) atoms. The predicted molar refractivity (Wildman–Crippen MR) is 127 cm³/mol. The summed E-state index contributed by atoms with van der Waals surface area (Å²) in [7, 11) is -4.15. The molecule has 1 saturated heterocycles. The van der Waals surface area contributed by atoms with Crippen LogP contribution in [0.1, 0.15) is 32.8 Å². The summed E-state index contributed by atoms with van der Waals surface area (Å²) in [6.07, 6.45) is -4.72. The maximum absolute atomic E-state index is 13.6. The molecule has 2 aliphatic heterocycles. The van der Waals surface area contributed by atoms with Crippen molar-refractivity contribution in [2.45, 2.75) is 62.4 Å². The van der Waals surface area contributed by atoms with Crippen LogP contribution in [0, 0.1) is 5.82 Å². The number of fused-ring (bicyclic) bond motifs is 1. The summed E-state index contributed by atoms with van der Waals surface area (Å²) < 4.78 is 91.8. The fourth-order valence-electron chi connectivity index (χ4n) is 4.17. The van der Waals surface area contributed by atoms with Crippen LogP contribution in [0.2, 0.25) is 0 Å². The molecule has 4 rings (SSSR count). The van der Waals surface area contributed by atoms with Gasteiger partial charge in [0.05, 0.1) is 23.5 Å². The lowest BCUT2D eigenvalue weighted by atomic mass is 10.0. The number of hydrogen-bond donors (Lipinski definition) is 0. The van der Waals surface area contributed by atoms with Crippen molar-refractivity contribution in [3.8, 4) is 5.75 Å². The molecule has 2 aromatic rings. The van der Waals surface area contributed by atoms with Gasteiger partial charge >= 0.3 is 12.1 Å². The Balaban J connectivity index is 1.64. The van der Waals surface area contributed by atoms with Crippen LogP contribution in [0.5, 0.6) is 5.75 Å². The average molecular weight is 545 g/mol. The lowest BCUT2D eigenvalue weighted by molar-refractivity contribution is -0.257. The standard InChI is InChI=1S/C25H28F4N2O5S/c1-16-10-11-30(16)14-19-15-31(37(33,34)20-7-5-18(26)6-8-20)21-12-17(4-9-22(21)35-19)13-23(32)36-24(2,3)25(27,28)29/h4-9,12,16,19H,10-11,13-15H2,1-3H3/t16?,19-/m0/s1. The molecular formula is C25H28F4N2O5S. The highest BCUT2D eigenvalue weighted by molar-refractivity contribution is 7.92. The molecule has 2 atom stereocenters. The minimum atomic E-state index is -4.75. The van der Waals surface area contributed by atoms with Gasteiger partial charge in [-0.2, -0.15) is 13.2 Å². The monoisotopic (exact) mass is 544 g/mol. The number of carbonyl (C=O) groups is 1. The van der Waals surface area contributed by atoms with Gasteiger partial charge < -0.3 is 9.47 Å². The first kappa shape index (κ1) is 27.2. The average Bonchev–Trinajstić information content (AvgIpc) is 2.80. The number of ether oxygens (including phenoxy) is 2. The van der Waals surface area contributed by atoms with Gasteiger partial charge in [-0.25, -0.2) is 12.8 Å². The zero-order chi connectivity index (χ0) is 27.2. The molecule has 0 spiro atoms. The first-order valence-electron chi connectivity index (χ1n) is 11.8. The van der Waals surface area contributed by atoms with E-state index < -0.39 is 46.1 Å². The highest BCUT2D eigenvalue weighted by Crippen LogP contribution is 2.39. The Morgan fingerprint density at radius 1 is 1.14 bits per heavy atom. The molecule has 7 nitrogen and oxygen atoms in total. The number of carbonyl (C=O) groups excluding carboxylic acids is 1. The van der Waals surface area contributed by atoms with E-state index in [0.29, 0.717) is 12.6 Å². The molecule has 0 aliphatic carbocycles. The van der Waals surface area contributed by atoms with Crippen molar-refractivity contribution in [2.24, 2.45) is 0 Å². The molecule has 0 aromatic heterocycles. The molecule has 1 unspecified atom stereocenters. The maximum atomic E-state index is 13.6. The van der Waals surface area contributed by atoms with Crippen LogP contribution < -0.4 is 9.04 Å². The molecule has 12 heteroatoms. The summed E-state index contributed by atoms with van der Waals surface area (Å²) in [4.78, 5) is 14.3. The Morgan fingerprint density at radius 2 is 1.81 bits per heavy atom. The molecule has 0 saturated carbocycles. The Kier molecular flexibility index (Phi) is 7.19. The smallest absolute Gasteiger partial charge is 0.427 e. The van der Waals surface area contributed by atoms with E-state index >= 15 is 0 Å². The third-order valence-electron chi connectivity index (χ3n) is 6.65. The molecule has 202 valence electrons. The van der Waals surface area contributed by atoms with Crippen LogP contribution >= 0.6 is 0 Å². The van der Waals surface area contributed by atoms with E-state index in [-0.39, 0.29) is 28.4 Å². The van der Waals surface area contributed by atoms with Crippen LogP contribution in [-0.2, 0) is 26.0 Å². The minimum absolute atomic E-state index is 0.0368. The summed E-state index contributed by atoms with van der Waals surface area (Å²) in [6, 6.07) is 9.12. The zero-order valence-electron chi connectivity index (χ0n) is 20.6. The van der Waals surface area contributed by atoms with Gasteiger partial charge in [0.25, 0.3) is 10.0 Å². The van der Waals surface area contributed by atoms with Gasteiger partial charge in [0.15, 0.2) is 0 Å². The van der Waals surface area contributed by atoms with Crippen molar-refractivity contribution in [3.05, 3.63) is 53.8 Å². The molecular weight excluding hydrogens is 516 g/mol. The lowest BCUT2D eigenvalue weighted by Gasteiger charge is -2.43. The number of nitrogens with zero attached hydrogens (tertiary/aromatic N) is 2. The van der Waals surface area contributed by atoms with Gasteiger partial charge in [0, 0.05) is 19.1 Å². The molecule has 1 fully saturated rings. The van der Waals surface area contributed by atoms with Gasteiger partial charge in [-0.3, -0.25) is 14.0 Å².